The Morgan fingerprint density at radius 1 is 1.73 bits per heavy atom. The Bertz CT molecular complexity index is 142. The topological polar surface area (TPSA) is 72.5 Å². The summed E-state index contributed by atoms with van der Waals surface area (Å²) in [6, 6.07) is 0. The van der Waals surface area contributed by atoms with E-state index in [-0.39, 0.29) is 18.3 Å². The maximum absolute atomic E-state index is 10.4. The summed E-state index contributed by atoms with van der Waals surface area (Å²) in [5.41, 5.74) is 5.32. The zero-order chi connectivity index (χ0) is 7.56. The van der Waals surface area contributed by atoms with Crippen LogP contribution in [0.15, 0.2) is 0 Å². The summed E-state index contributed by atoms with van der Waals surface area (Å²) < 4.78 is 4.94. The van der Waals surface area contributed by atoms with E-state index in [0.717, 1.165) is 6.42 Å². The van der Waals surface area contributed by atoms with E-state index in [1.807, 2.05) is 0 Å². The van der Waals surface area contributed by atoms with Crippen LogP contribution in [-0.2, 0) is 9.53 Å². The summed E-state index contributed by atoms with van der Waals surface area (Å²) in [6.45, 7) is 0.926. The minimum Gasteiger partial charge on any atom is -0.479 e. The molecular weight excluding hydrogens is 170 g/mol. The van der Waals surface area contributed by atoms with E-state index < -0.39 is 12.1 Å². The molecule has 0 saturated carbocycles. The number of nitrogens with two attached hydrogens (primary N) is 1. The number of carboxylic acid groups (broad SMARTS) is 1. The molecule has 1 fully saturated rings. The third-order valence-corrected chi connectivity index (χ3v) is 1.76. The highest BCUT2D eigenvalue weighted by molar-refractivity contribution is 5.85. The van der Waals surface area contributed by atoms with Gasteiger partial charge in [0, 0.05) is 12.5 Å². The van der Waals surface area contributed by atoms with Crippen LogP contribution in [0.1, 0.15) is 6.42 Å². The SMILES string of the molecule is Cl.NC[C@@H]1CCO[C@@H]1C(=O)O. The lowest BCUT2D eigenvalue weighted by atomic mass is 10.0. The number of ether oxygens (including phenoxy) is 1. The second-order valence-electron chi connectivity index (χ2n) is 2.41. The van der Waals surface area contributed by atoms with E-state index in [1.165, 1.54) is 0 Å². The van der Waals surface area contributed by atoms with Crippen LogP contribution in [0.5, 0.6) is 0 Å². The molecule has 0 aromatic rings. The number of rotatable bonds is 2. The van der Waals surface area contributed by atoms with Crippen LogP contribution in [0.3, 0.4) is 0 Å². The lowest BCUT2D eigenvalue weighted by Crippen LogP contribution is -2.30. The summed E-state index contributed by atoms with van der Waals surface area (Å²) in [7, 11) is 0. The molecule has 0 spiro atoms. The second kappa shape index (κ2) is 4.54. The molecule has 4 nitrogen and oxygen atoms in total. The van der Waals surface area contributed by atoms with Crippen molar-refractivity contribution in [2.75, 3.05) is 13.2 Å². The Kier molecular flexibility index (Phi) is 4.40. The normalized spacial score (nSPS) is 29.5. The minimum absolute atomic E-state index is 0. The fourth-order valence-corrected chi connectivity index (χ4v) is 1.15. The third-order valence-electron chi connectivity index (χ3n) is 1.76. The maximum Gasteiger partial charge on any atom is 0.333 e. The highest BCUT2D eigenvalue weighted by atomic mass is 35.5. The molecule has 0 amide bonds. The molecule has 0 aromatic heterocycles. The first-order chi connectivity index (χ1) is 4.75. The summed E-state index contributed by atoms with van der Waals surface area (Å²) >= 11 is 0. The van der Waals surface area contributed by atoms with E-state index in [4.69, 9.17) is 15.6 Å². The van der Waals surface area contributed by atoms with Crippen molar-refractivity contribution < 1.29 is 14.6 Å². The van der Waals surface area contributed by atoms with Crippen molar-refractivity contribution in [1.82, 2.24) is 0 Å². The molecule has 1 aliphatic heterocycles. The second-order valence-corrected chi connectivity index (χ2v) is 2.41. The van der Waals surface area contributed by atoms with Crippen molar-refractivity contribution in [3.63, 3.8) is 0 Å². The van der Waals surface area contributed by atoms with Gasteiger partial charge in [-0.1, -0.05) is 0 Å². The number of hydrogen-bond acceptors (Lipinski definition) is 3. The van der Waals surface area contributed by atoms with Gasteiger partial charge in [-0.3, -0.25) is 0 Å². The van der Waals surface area contributed by atoms with Crippen molar-refractivity contribution in [3.8, 4) is 0 Å². The van der Waals surface area contributed by atoms with Gasteiger partial charge in [-0.25, -0.2) is 4.79 Å². The van der Waals surface area contributed by atoms with Crippen molar-refractivity contribution >= 4 is 18.4 Å². The molecule has 11 heavy (non-hydrogen) atoms. The van der Waals surface area contributed by atoms with E-state index in [2.05, 4.69) is 0 Å². The first-order valence-corrected chi connectivity index (χ1v) is 3.30. The molecule has 2 atom stereocenters. The summed E-state index contributed by atoms with van der Waals surface area (Å²) in [5, 5.41) is 8.53. The predicted molar refractivity (Wildman–Crippen MR) is 41.8 cm³/mol. The van der Waals surface area contributed by atoms with Crippen LogP contribution < -0.4 is 5.73 Å². The highest BCUT2D eigenvalue weighted by Crippen LogP contribution is 2.19. The van der Waals surface area contributed by atoms with Gasteiger partial charge in [0.15, 0.2) is 6.10 Å². The molecule has 0 unspecified atom stereocenters. The molecule has 1 heterocycles. The minimum atomic E-state index is -0.895. The number of hydrogen-bond donors (Lipinski definition) is 2. The Balaban J connectivity index is 0.000001000. The Morgan fingerprint density at radius 2 is 2.36 bits per heavy atom. The van der Waals surface area contributed by atoms with Gasteiger partial charge in [-0.15, -0.1) is 12.4 Å². The third kappa shape index (κ3) is 2.32. The molecule has 3 N–H and O–H groups in total. The Morgan fingerprint density at radius 3 is 2.73 bits per heavy atom. The standard InChI is InChI=1S/C6H11NO3.ClH/c7-3-4-1-2-10-5(4)6(8)9;/h4-5H,1-3,7H2,(H,8,9);1H/t4-,5-;/m0./s1. The van der Waals surface area contributed by atoms with Gasteiger partial charge in [0.25, 0.3) is 0 Å². The zero-order valence-corrected chi connectivity index (χ0v) is 6.84. The molecular formula is C6H12ClNO3. The van der Waals surface area contributed by atoms with Gasteiger partial charge in [0.05, 0.1) is 0 Å². The molecule has 1 saturated heterocycles. The summed E-state index contributed by atoms with van der Waals surface area (Å²) in [6.07, 6.45) is 0.109. The van der Waals surface area contributed by atoms with Crippen molar-refractivity contribution in [2.24, 2.45) is 11.7 Å². The molecule has 1 rings (SSSR count). The molecule has 0 aliphatic carbocycles. The van der Waals surface area contributed by atoms with Gasteiger partial charge < -0.3 is 15.6 Å². The number of aliphatic carboxylic acids is 1. The average Bonchev–Trinajstić information content (AvgIpc) is 2.33. The zero-order valence-electron chi connectivity index (χ0n) is 6.03. The monoisotopic (exact) mass is 181 g/mol. The number of carboxylic acids is 1. The van der Waals surface area contributed by atoms with Crippen LogP contribution in [0.25, 0.3) is 0 Å². The van der Waals surface area contributed by atoms with Crippen LogP contribution in [0.4, 0.5) is 0 Å². The smallest absolute Gasteiger partial charge is 0.333 e. The van der Waals surface area contributed by atoms with Crippen molar-refractivity contribution in [2.45, 2.75) is 12.5 Å². The maximum atomic E-state index is 10.4. The number of carbonyl (C=O) groups is 1. The highest BCUT2D eigenvalue weighted by Gasteiger charge is 2.32. The van der Waals surface area contributed by atoms with Gasteiger partial charge in [-0.05, 0) is 13.0 Å². The predicted octanol–water partition coefficient (Wildman–Crippen LogP) is -0.143. The van der Waals surface area contributed by atoms with Gasteiger partial charge in [0.1, 0.15) is 0 Å². The fraction of sp³-hybridized carbons (Fsp3) is 0.833. The lowest BCUT2D eigenvalue weighted by molar-refractivity contribution is -0.149. The van der Waals surface area contributed by atoms with E-state index in [9.17, 15) is 4.79 Å². The molecule has 0 bridgehead atoms. The first-order valence-electron chi connectivity index (χ1n) is 3.30. The Labute approximate surface area is 71.1 Å². The largest absolute Gasteiger partial charge is 0.479 e. The molecule has 1 aliphatic rings. The molecule has 5 heteroatoms. The van der Waals surface area contributed by atoms with Crippen molar-refractivity contribution in [3.05, 3.63) is 0 Å². The summed E-state index contributed by atoms with van der Waals surface area (Å²) in [4.78, 5) is 10.4. The quantitative estimate of drug-likeness (QED) is 0.622. The van der Waals surface area contributed by atoms with Gasteiger partial charge in [-0.2, -0.15) is 0 Å². The van der Waals surface area contributed by atoms with Gasteiger partial charge >= 0.3 is 5.97 Å². The Hall–Kier alpha value is -0.320. The van der Waals surface area contributed by atoms with E-state index in [1.54, 1.807) is 0 Å². The van der Waals surface area contributed by atoms with Crippen LogP contribution in [-0.4, -0.2) is 30.3 Å². The van der Waals surface area contributed by atoms with Crippen LogP contribution >= 0.6 is 12.4 Å². The molecule has 0 radical (unpaired) electrons. The fourth-order valence-electron chi connectivity index (χ4n) is 1.15. The summed E-state index contributed by atoms with van der Waals surface area (Å²) in [5.74, 6) is -0.884. The van der Waals surface area contributed by atoms with Gasteiger partial charge in [0.2, 0.25) is 0 Å². The number of halogens is 1. The van der Waals surface area contributed by atoms with E-state index >= 15 is 0 Å². The first kappa shape index (κ1) is 10.7. The average molecular weight is 182 g/mol. The van der Waals surface area contributed by atoms with Crippen molar-refractivity contribution in [1.29, 1.82) is 0 Å². The molecule has 66 valence electrons. The lowest BCUT2D eigenvalue weighted by Gasteiger charge is -2.10. The van der Waals surface area contributed by atoms with Crippen LogP contribution in [0.2, 0.25) is 0 Å². The van der Waals surface area contributed by atoms with E-state index in [0.29, 0.717) is 13.2 Å². The molecule has 0 aromatic carbocycles. The van der Waals surface area contributed by atoms with Crippen LogP contribution in [0, 0.1) is 5.92 Å².